The van der Waals surface area contributed by atoms with Crippen molar-refractivity contribution in [3.05, 3.63) is 17.0 Å². The Bertz CT molecular complexity index is 698. The summed E-state index contributed by atoms with van der Waals surface area (Å²) in [5.41, 5.74) is 0.741. The van der Waals surface area contributed by atoms with Crippen molar-refractivity contribution < 1.29 is 18.3 Å². The standard InChI is InChI=1S/C18H25F2N3O2S/c1-17(2,3)25-16(24)23-9-6-11(7-10-23)13-12-5-8-18(19,20)14(12)22-15(21-13)26-4/h11H,5-10H2,1-4H3. The van der Waals surface area contributed by atoms with E-state index in [1.807, 2.05) is 20.8 Å². The molecule has 1 amide bonds. The highest BCUT2D eigenvalue weighted by atomic mass is 32.2. The van der Waals surface area contributed by atoms with Crippen LogP contribution >= 0.6 is 11.8 Å². The second-order valence-electron chi connectivity index (χ2n) is 7.87. The molecule has 0 radical (unpaired) electrons. The monoisotopic (exact) mass is 385 g/mol. The lowest BCUT2D eigenvalue weighted by Crippen LogP contribution is -2.41. The summed E-state index contributed by atoms with van der Waals surface area (Å²) in [6.45, 7) is 6.61. The Morgan fingerprint density at radius 3 is 2.50 bits per heavy atom. The van der Waals surface area contributed by atoms with Crippen LogP contribution in [-0.4, -0.2) is 45.9 Å². The van der Waals surface area contributed by atoms with E-state index in [9.17, 15) is 13.6 Å². The molecule has 8 heteroatoms. The van der Waals surface area contributed by atoms with Gasteiger partial charge < -0.3 is 9.64 Å². The van der Waals surface area contributed by atoms with Gasteiger partial charge in [0.2, 0.25) is 0 Å². The molecule has 0 atom stereocenters. The van der Waals surface area contributed by atoms with Gasteiger partial charge in [0.15, 0.2) is 5.16 Å². The molecule has 26 heavy (non-hydrogen) atoms. The van der Waals surface area contributed by atoms with Gasteiger partial charge in [0.25, 0.3) is 5.92 Å². The summed E-state index contributed by atoms with van der Waals surface area (Å²) in [5, 5.41) is 0.398. The second-order valence-corrected chi connectivity index (χ2v) is 8.64. The van der Waals surface area contributed by atoms with Gasteiger partial charge in [0.1, 0.15) is 11.3 Å². The average molecular weight is 385 g/mol. The second kappa shape index (κ2) is 6.94. The largest absolute Gasteiger partial charge is 0.444 e. The molecule has 5 nitrogen and oxygen atoms in total. The Kier molecular flexibility index (Phi) is 5.16. The molecule has 3 rings (SSSR count). The number of thioether (sulfide) groups is 1. The molecule has 0 spiro atoms. The third-order valence-corrected chi connectivity index (χ3v) is 5.32. The number of likely N-dealkylation sites (tertiary alicyclic amines) is 1. The first-order valence-corrected chi connectivity index (χ1v) is 10.1. The molecular formula is C18H25F2N3O2S. The van der Waals surface area contributed by atoms with Crippen molar-refractivity contribution in [2.75, 3.05) is 19.3 Å². The summed E-state index contributed by atoms with van der Waals surface area (Å²) in [6.07, 6.45) is 2.99. The molecule has 1 aliphatic carbocycles. The van der Waals surface area contributed by atoms with Crippen LogP contribution in [0.4, 0.5) is 13.6 Å². The molecule has 1 aliphatic heterocycles. The summed E-state index contributed by atoms with van der Waals surface area (Å²) in [5.74, 6) is -2.79. The van der Waals surface area contributed by atoms with Crippen LogP contribution in [0.15, 0.2) is 5.16 Å². The van der Waals surface area contributed by atoms with Gasteiger partial charge in [-0.2, -0.15) is 8.78 Å². The van der Waals surface area contributed by atoms with Crippen LogP contribution in [0.25, 0.3) is 0 Å². The van der Waals surface area contributed by atoms with E-state index >= 15 is 0 Å². The van der Waals surface area contributed by atoms with Crippen molar-refractivity contribution >= 4 is 17.9 Å². The van der Waals surface area contributed by atoms with Crippen LogP contribution in [0.1, 0.15) is 62.9 Å². The minimum Gasteiger partial charge on any atom is -0.444 e. The zero-order valence-corrected chi connectivity index (χ0v) is 16.5. The van der Waals surface area contributed by atoms with E-state index in [0.717, 1.165) is 5.69 Å². The van der Waals surface area contributed by atoms with Crippen LogP contribution in [0.2, 0.25) is 0 Å². The predicted molar refractivity (Wildman–Crippen MR) is 95.8 cm³/mol. The number of fused-ring (bicyclic) bond motifs is 1. The Balaban J connectivity index is 1.76. The van der Waals surface area contributed by atoms with E-state index in [1.165, 1.54) is 11.8 Å². The van der Waals surface area contributed by atoms with Gasteiger partial charge in [-0.3, -0.25) is 0 Å². The Morgan fingerprint density at radius 1 is 1.27 bits per heavy atom. The summed E-state index contributed by atoms with van der Waals surface area (Å²) in [4.78, 5) is 22.5. The molecule has 1 aromatic heterocycles. The number of hydrogen-bond donors (Lipinski definition) is 0. The number of ether oxygens (including phenoxy) is 1. The summed E-state index contributed by atoms with van der Waals surface area (Å²) in [6, 6.07) is 0. The highest BCUT2D eigenvalue weighted by molar-refractivity contribution is 7.98. The predicted octanol–water partition coefficient (Wildman–Crippen LogP) is 4.35. The minimum absolute atomic E-state index is 0.0743. The molecule has 0 N–H and O–H groups in total. The van der Waals surface area contributed by atoms with Crippen molar-refractivity contribution in [1.82, 2.24) is 14.9 Å². The average Bonchev–Trinajstić information content (AvgIpc) is 2.88. The number of nitrogens with zero attached hydrogens (tertiary/aromatic N) is 3. The number of aromatic nitrogens is 2. The summed E-state index contributed by atoms with van der Waals surface area (Å²) >= 11 is 1.29. The maximum Gasteiger partial charge on any atom is 0.410 e. The molecule has 2 heterocycles. The zero-order valence-electron chi connectivity index (χ0n) is 15.6. The summed E-state index contributed by atoms with van der Waals surface area (Å²) < 4.78 is 33.7. The molecule has 0 bridgehead atoms. The number of amides is 1. The topological polar surface area (TPSA) is 55.3 Å². The number of hydrogen-bond acceptors (Lipinski definition) is 5. The SMILES string of the molecule is CSc1nc(C2CCN(C(=O)OC(C)(C)C)CC2)c2c(n1)C(F)(F)CC2. The van der Waals surface area contributed by atoms with Crippen molar-refractivity contribution in [3.63, 3.8) is 0 Å². The quantitative estimate of drug-likeness (QED) is 0.560. The van der Waals surface area contributed by atoms with E-state index in [0.29, 0.717) is 43.1 Å². The van der Waals surface area contributed by atoms with E-state index in [-0.39, 0.29) is 24.1 Å². The van der Waals surface area contributed by atoms with Crippen molar-refractivity contribution in [2.45, 2.75) is 69.1 Å². The first-order valence-electron chi connectivity index (χ1n) is 8.92. The van der Waals surface area contributed by atoms with Gasteiger partial charge in [-0.1, -0.05) is 11.8 Å². The van der Waals surface area contributed by atoms with Crippen LogP contribution < -0.4 is 0 Å². The Labute approximate surface area is 156 Å². The first kappa shape index (κ1) is 19.3. The van der Waals surface area contributed by atoms with Crippen LogP contribution in [0.3, 0.4) is 0 Å². The van der Waals surface area contributed by atoms with Crippen molar-refractivity contribution in [1.29, 1.82) is 0 Å². The maximum atomic E-state index is 14.2. The third-order valence-electron chi connectivity index (χ3n) is 4.77. The zero-order chi connectivity index (χ0) is 19.1. The molecule has 0 aromatic carbocycles. The van der Waals surface area contributed by atoms with Gasteiger partial charge in [-0.15, -0.1) is 0 Å². The van der Waals surface area contributed by atoms with Gasteiger partial charge in [0, 0.05) is 31.0 Å². The molecule has 0 saturated carbocycles. The Morgan fingerprint density at radius 2 is 1.92 bits per heavy atom. The lowest BCUT2D eigenvalue weighted by molar-refractivity contribution is -0.00655. The normalized spacial score (nSPS) is 20.2. The fourth-order valence-corrected chi connectivity index (χ4v) is 3.89. The highest BCUT2D eigenvalue weighted by Gasteiger charge is 2.44. The molecular weight excluding hydrogens is 360 g/mol. The van der Waals surface area contributed by atoms with E-state index in [1.54, 1.807) is 11.2 Å². The Hall–Kier alpha value is -1.44. The molecule has 2 aliphatic rings. The molecule has 144 valence electrons. The highest BCUT2D eigenvalue weighted by Crippen LogP contribution is 2.44. The van der Waals surface area contributed by atoms with Crippen molar-refractivity contribution in [3.8, 4) is 0 Å². The number of halogens is 2. The van der Waals surface area contributed by atoms with Crippen LogP contribution in [-0.2, 0) is 17.1 Å². The van der Waals surface area contributed by atoms with Crippen LogP contribution in [0, 0.1) is 0 Å². The molecule has 0 unspecified atom stereocenters. The summed E-state index contributed by atoms with van der Waals surface area (Å²) in [7, 11) is 0. The maximum absolute atomic E-state index is 14.2. The minimum atomic E-state index is -2.87. The number of carbonyl (C=O) groups is 1. The van der Waals surface area contributed by atoms with E-state index in [2.05, 4.69) is 9.97 Å². The molecule has 1 aromatic rings. The fraction of sp³-hybridized carbons (Fsp3) is 0.722. The van der Waals surface area contributed by atoms with Gasteiger partial charge in [-0.25, -0.2) is 14.8 Å². The molecule has 1 fully saturated rings. The van der Waals surface area contributed by atoms with Gasteiger partial charge >= 0.3 is 6.09 Å². The number of alkyl halides is 2. The third kappa shape index (κ3) is 3.94. The number of piperidine rings is 1. The van der Waals surface area contributed by atoms with E-state index in [4.69, 9.17) is 4.74 Å². The fourth-order valence-electron chi connectivity index (χ4n) is 3.52. The first-order chi connectivity index (χ1) is 12.1. The smallest absolute Gasteiger partial charge is 0.410 e. The van der Waals surface area contributed by atoms with Gasteiger partial charge in [-0.05, 0) is 46.3 Å². The van der Waals surface area contributed by atoms with Crippen molar-refractivity contribution in [2.24, 2.45) is 0 Å². The molecule has 1 saturated heterocycles. The van der Waals surface area contributed by atoms with Crippen LogP contribution in [0.5, 0.6) is 0 Å². The number of carbonyl (C=O) groups excluding carboxylic acids is 1. The lowest BCUT2D eigenvalue weighted by atomic mass is 9.90. The lowest BCUT2D eigenvalue weighted by Gasteiger charge is -2.33. The van der Waals surface area contributed by atoms with Gasteiger partial charge in [0.05, 0.1) is 5.69 Å². The van der Waals surface area contributed by atoms with E-state index < -0.39 is 11.5 Å². The number of rotatable bonds is 2.